The molecule has 86 valence electrons. The second kappa shape index (κ2) is 5.15. The van der Waals surface area contributed by atoms with E-state index in [1.165, 1.54) is 0 Å². The van der Waals surface area contributed by atoms with Gasteiger partial charge in [0.15, 0.2) is 0 Å². The Kier molecular flexibility index (Phi) is 3.60. The van der Waals surface area contributed by atoms with Crippen molar-refractivity contribution >= 4 is 17.9 Å². The second-order valence-electron chi connectivity index (χ2n) is 3.99. The number of rotatable bonds is 3. The summed E-state index contributed by atoms with van der Waals surface area (Å²) >= 11 is 6.14. The minimum Gasteiger partial charge on any atom is -0.302 e. The van der Waals surface area contributed by atoms with E-state index in [1.54, 1.807) is 0 Å². The minimum absolute atomic E-state index is 0.287. The molecule has 2 heteroatoms. The van der Waals surface area contributed by atoms with Crippen LogP contribution in [0.15, 0.2) is 48.5 Å². The van der Waals surface area contributed by atoms with Crippen molar-refractivity contribution in [1.82, 2.24) is 0 Å². The first-order chi connectivity index (χ1) is 8.24. The summed E-state index contributed by atoms with van der Waals surface area (Å²) in [4.78, 5) is 11.4. The molecule has 0 bridgehead atoms. The highest BCUT2D eigenvalue weighted by molar-refractivity contribution is 6.31. The van der Waals surface area contributed by atoms with Crippen molar-refractivity contribution in [1.29, 1.82) is 0 Å². The molecule has 0 saturated carbocycles. The number of carbonyl (C=O) groups is 1. The first kappa shape index (κ1) is 11.9. The maximum atomic E-state index is 11.4. The van der Waals surface area contributed by atoms with Crippen molar-refractivity contribution in [3.63, 3.8) is 0 Å². The maximum Gasteiger partial charge on any atom is 0.131 e. The molecule has 0 fully saturated rings. The summed E-state index contributed by atoms with van der Waals surface area (Å²) in [5.41, 5.74) is 2.97. The molecule has 2 aromatic rings. The molecule has 2 rings (SSSR count). The third-order valence-electron chi connectivity index (χ3n) is 2.90. The van der Waals surface area contributed by atoms with Crippen LogP contribution in [0, 0.1) is 6.92 Å². The largest absolute Gasteiger partial charge is 0.302 e. The van der Waals surface area contributed by atoms with Crippen LogP contribution in [0.4, 0.5) is 0 Å². The highest BCUT2D eigenvalue weighted by Gasteiger charge is 2.17. The minimum atomic E-state index is -0.287. The Bertz CT molecular complexity index is 488. The van der Waals surface area contributed by atoms with Crippen LogP contribution in [0.3, 0.4) is 0 Å². The van der Waals surface area contributed by atoms with Gasteiger partial charge in [-0.3, -0.25) is 0 Å². The fraction of sp³-hybridized carbons (Fsp3) is 0.133. The standard InChI is InChI=1S/C15H13ClO/c1-11-6-2-3-7-12(11)14(10-17)13-8-4-5-9-15(13)16/h2-10,14H,1H3. The molecule has 0 N–H and O–H groups in total. The number of halogens is 1. The third kappa shape index (κ3) is 2.40. The molecule has 0 aromatic heterocycles. The Hall–Kier alpha value is -1.60. The predicted molar refractivity (Wildman–Crippen MR) is 70.5 cm³/mol. The van der Waals surface area contributed by atoms with Gasteiger partial charge in [0.25, 0.3) is 0 Å². The van der Waals surface area contributed by atoms with Crippen LogP contribution < -0.4 is 0 Å². The van der Waals surface area contributed by atoms with Crippen LogP contribution in [0.1, 0.15) is 22.6 Å². The van der Waals surface area contributed by atoms with Gasteiger partial charge in [-0.15, -0.1) is 0 Å². The van der Waals surface area contributed by atoms with Crippen molar-refractivity contribution in [2.45, 2.75) is 12.8 Å². The summed E-state index contributed by atoms with van der Waals surface area (Å²) in [6.07, 6.45) is 0.948. The number of aldehydes is 1. The normalized spacial score (nSPS) is 12.1. The number of aryl methyl sites for hydroxylation is 1. The Balaban J connectivity index is 2.52. The van der Waals surface area contributed by atoms with E-state index < -0.39 is 0 Å². The molecule has 0 spiro atoms. The van der Waals surface area contributed by atoms with Gasteiger partial charge in [-0.1, -0.05) is 54.1 Å². The SMILES string of the molecule is Cc1ccccc1C(C=O)c1ccccc1Cl. The average Bonchev–Trinajstić information content (AvgIpc) is 2.34. The van der Waals surface area contributed by atoms with E-state index in [1.807, 2.05) is 55.5 Å². The van der Waals surface area contributed by atoms with Crippen molar-refractivity contribution in [3.8, 4) is 0 Å². The monoisotopic (exact) mass is 244 g/mol. The van der Waals surface area contributed by atoms with Crippen molar-refractivity contribution in [2.24, 2.45) is 0 Å². The lowest BCUT2D eigenvalue weighted by atomic mass is 9.90. The third-order valence-corrected chi connectivity index (χ3v) is 3.24. The lowest BCUT2D eigenvalue weighted by Crippen LogP contribution is -2.05. The van der Waals surface area contributed by atoms with Gasteiger partial charge in [-0.05, 0) is 29.7 Å². The van der Waals surface area contributed by atoms with E-state index in [2.05, 4.69) is 0 Å². The van der Waals surface area contributed by atoms with Crippen LogP contribution in [-0.4, -0.2) is 6.29 Å². The predicted octanol–water partition coefficient (Wildman–Crippen LogP) is 3.98. The van der Waals surface area contributed by atoms with E-state index in [4.69, 9.17) is 11.6 Å². The molecule has 2 aromatic carbocycles. The molecule has 0 heterocycles. The number of hydrogen-bond donors (Lipinski definition) is 0. The second-order valence-corrected chi connectivity index (χ2v) is 4.40. The van der Waals surface area contributed by atoms with Gasteiger partial charge < -0.3 is 4.79 Å². The fourth-order valence-electron chi connectivity index (χ4n) is 1.98. The van der Waals surface area contributed by atoms with Crippen molar-refractivity contribution < 1.29 is 4.79 Å². The van der Waals surface area contributed by atoms with E-state index >= 15 is 0 Å². The zero-order valence-corrected chi connectivity index (χ0v) is 10.3. The fourth-order valence-corrected chi connectivity index (χ4v) is 2.23. The van der Waals surface area contributed by atoms with Gasteiger partial charge in [-0.2, -0.15) is 0 Å². The Morgan fingerprint density at radius 3 is 2.18 bits per heavy atom. The van der Waals surface area contributed by atoms with Crippen LogP contribution in [0.5, 0.6) is 0 Å². The summed E-state index contributed by atoms with van der Waals surface area (Å²) in [7, 11) is 0. The van der Waals surface area contributed by atoms with E-state index in [9.17, 15) is 4.79 Å². The average molecular weight is 245 g/mol. The molecule has 1 nitrogen and oxygen atoms in total. The lowest BCUT2D eigenvalue weighted by Gasteiger charge is -2.15. The Labute approximate surface area is 106 Å². The summed E-state index contributed by atoms with van der Waals surface area (Å²) in [5, 5.41) is 0.632. The summed E-state index contributed by atoms with van der Waals surface area (Å²) in [6.45, 7) is 2.00. The van der Waals surface area contributed by atoms with Crippen LogP contribution in [0.25, 0.3) is 0 Å². The summed E-state index contributed by atoms with van der Waals surface area (Å²) < 4.78 is 0. The van der Waals surface area contributed by atoms with Gasteiger partial charge >= 0.3 is 0 Å². The maximum absolute atomic E-state index is 11.4. The van der Waals surface area contributed by atoms with Crippen LogP contribution in [0.2, 0.25) is 5.02 Å². The van der Waals surface area contributed by atoms with Gasteiger partial charge in [0, 0.05) is 5.02 Å². The first-order valence-electron chi connectivity index (χ1n) is 5.49. The highest BCUT2D eigenvalue weighted by atomic mass is 35.5. The Morgan fingerprint density at radius 2 is 1.59 bits per heavy atom. The van der Waals surface area contributed by atoms with E-state index in [0.717, 1.165) is 23.0 Å². The molecule has 0 aliphatic heterocycles. The summed E-state index contributed by atoms with van der Waals surface area (Å²) in [5.74, 6) is -0.287. The molecule has 0 radical (unpaired) electrons. The molecule has 1 atom stereocenters. The molecule has 0 aliphatic carbocycles. The molecular weight excluding hydrogens is 232 g/mol. The van der Waals surface area contributed by atoms with E-state index in [-0.39, 0.29) is 5.92 Å². The van der Waals surface area contributed by atoms with E-state index in [0.29, 0.717) is 5.02 Å². The quantitative estimate of drug-likeness (QED) is 0.747. The molecule has 0 amide bonds. The number of hydrogen-bond acceptors (Lipinski definition) is 1. The van der Waals surface area contributed by atoms with Crippen molar-refractivity contribution in [2.75, 3.05) is 0 Å². The zero-order valence-electron chi connectivity index (χ0n) is 9.56. The smallest absolute Gasteiger partial charge is 0.131 e. The van der Waals surface area contributed by atoms with Crippen molar-refractivity contribution in [3.05, 3.63) is 70.2 Å². The highest BCUT2D eigenvalue weighted by Crippen LogP contribution is 2.30. The molecule has 17 heavy (non-hydrogen) atoms. The molecule has 1 unspecified atom stereocenters. The van der Waals surface area contributed by atoms with Crippen LogP contribution >= 0.6 is 11.6 Å². The number of benzene rings is 2. The van der Waals surface area contributed by atoms with Gasteiger partial charge in [0.1, 0.15) is 6.29 Å². The van der Waals surface area contributed by atoms with Gasteiger partial charge in [0.05, 0.1) is 5.92 Å². The van der Waals surface area contributed by atoms with Gasteiger partial charge in [0.2, 0.25) is 0 Å². The number of carbonyl (C=O) groups excluding carboxylic acids is 1. The molecule has 0 aliphatic rings. The Morgan fingerprint density at radius 1 is 1.00 bits per heavy atom. The lowest BCUT2D eigenvalue weighted by molar-refractivity contribution is -0.108. The zero-order chi connectivity index (χ0) is 12.3. The molecule has 0 saturated heterocycles. The summed E-state index contributed by atoms with van der Waals surface area (Å²) in [6, 6.07) is 15.4. The molecular formula is C15H13ClO. The topological polar surface area (TPSA) is 17.1 Å². The van der Waals surface area contributed by atoms with Crippen LogP contribution in [-0.2, 0) is 4.79 Å². The first-order valence-corrected chi connectivity index (χ1v) is 5.87. The van der Waals surface area contributed by atoms with Gasteiger partial charge in [-0.25, -0.2) is 0 Å².